The first-order valence-corrected chi connectivity index (χ1v) is 14.0. The van der Waals surface area contributed by atoms with Crippen LogP contribution in [0.25, 0.3) is 0 Å². The summed E-state index contributed by atoms with van der Waals surface area (Å²) in [6, 6.07) is 5.12. The van der Waals surface area contributed by atoms with Crippen LogP contribution in [0, 0.1) is 0 Å². The van der Waals surface area contributed by atoms with Gasteiger partial charge in [0.1, 0.15) is 18.1 Å². The number of rotatable bonds is 21. The number of amides is 3. The van der Waals surface area contributed by atoms with Gasteiger partial charge in [0.15, 0.2) is 5.96 Å². The third-order valence-electron chi connectivity index (χ3n) is 6.35. The number of carbonyl (C=O) groups excluding carboxylic acids is 3. The van der Waals surface area contributed by atoms with Crippen molar-refractivity contribution >= 4 is 29.7 Å². The van der Waals surface area contributed by atoms with E-state index in [1.54, 1.807) is 0 Å². The smallest absolute Gasteiger partial charge is 0.326 e. The summed E-state index contributed by atoms with van der Waals surface area (Å²) in [6.45, 7) is 1.01. The molecular formula is C27H47N9O5. The number of hydrogen-bond acceptors (Lipinski definition) is 8. The van der Waals surface area contributed by atoms with Gasteiger partial charge in [-0.25, -0.2) is 4.79 Å². The molecule has 14 nitrogen and oxygen atoms in total. The predicted molar refractivity (Wildman–Crippen MR) is 157 cm³/mol. The van der Waals surface area contributed by atoms with E-state index in [1.807, 2.05) is 30.3 Å². The van der Waals surface area contributed by atoms with Crippen molar-refractivity contribution in [3.05, 3.63) is 35.9 Å². The highest BCUT2D eigenvalue weighted by Gasteiger charge is 2.30. The Kier molecular flexibility index (Phi) is 17.4. The van der Waals surface area contributed by atoms with Crippen molar-refractivity contribution in [2.45, 2.75) is 82.0 Å². The minimum Gasteiger partial charge on any atom is -0.480 e. The first-order valence-electron chi connectivity index (χ1n) is 14.0. The van der Waals surface area contributed by atoms with Crippen LogP contribution in [0.15, 0.2) is 35.3 Å². The molecule has 0 radical (unpaired) electrons. The Morgan fingerprint density at radius 2 is 1.22 bits per heavy atom. The van der Waals surface area contributed by atoms with E-state index in [1.165, 1.54) is 0 Å². The van der Waals surface area contributed by atoms with Crippen LogP contribution in [0.1, 0.15) is 56.9 Å². The first-order chi connectivity index (χ1) is 19.6. The Balaban J connectivity index is 3.01. The van der Waals surface area contributed by atoms with Gasteiger partial charge in [0.25, 0.3) is 0 Å². The SMILES string of the molecule is NCCCCC(NC(=O)C(CCCN=C(N)N)NC(=O)C(CCCCN)NC(=O)C(N)Cc1ccccc1)C(=O)O. The van der Waals surface area contributed by atoms with E-state index in [0.29, 0.717) is 45.2 Å². The largest absolute Gasteiger partial charge is 0.480 e. The molecule has 0 saturated carbocycles. The molecule has 0 fully saturated rings. The fourth-order valence-electron chi connectivity index (χ4n) is 4.07. The highest BCUT2D eigenvalue weighted by Crippen LogP contribution is 2.08. The van der Waals surface area contributed by atoms with Crippen LogP contribution in [0.4, 0.5) is 0 Å². The Morgan fingerprint density at radius 3 is 1.73 bits per heavy atom. The molecule has 0 bridgehead atoms. The van der Waals surface area contributed by atoms with Crippen molar-refractivity contribution in [3.8, 4) is 0 Å². The first kappa shape index (κ1) is 35.3. The van der Waals surface area contributed by atoms with Gasteiger partial charge in [-0.1, -0.05) is 30.3 Å². The number of carbonyl (C=O) groups is 4. The van der Waals surface area contributed by atoms with Gasteiger partial charge < -0.3 is 49.7 Å². The lowest BCUT2D eigenvalue weighted by molar-refractivity contribution is -0.142. The van der Waals surface area contributed by atoms with Crippen molar-refractivity contribution in [1.82, 2.24) is 16.0 Å². The number of nitrogens with zero attached hydrogens (tertiary/aromatic N) is 1. The average Bonchev–Trinajstić information content (AvgIpc) is 2.93. The number of nitrogens with two attached hydrogens (primary N) is 5. The van der Waals surface area contributed by atoms with E-state index in [0.717, 1.165) is 5.56 Å². The number of hydrogen-bond donors (Lipinski definition) is 9. The zero-order valence-electron chi connectivity index (χ0n) is 23.6. The van der Waals surface area contributed by atoms with Crippen LogP contribution in [0.3, 0.4) is 0 Å². The lowest BCUT2D eigenvalue weighted by Crippen LogP contribution is -2.57. The molecular weight excluding hydrogens is 530 g/mol. The van der Waals surface area contributed by atoms with Gasteiger partial charge in [-0.05, 0) is 76.4 Å². The minimum atomic E-state index is -1.19. The normalized spacial score (nSPS) is 13.7. The Morgan fingerprint density at radius 1 is 0.732 bits per heavy atom. The molecule has 0 aliphatic rings. The Hall–Kier alpha value is -3.75. The molecule has 14 heteroatoms. The standard InChI is InChI=1S/C27H47N9O5/c28-14-6-4-11-20(34-23(37)19(30)17-18-9-2-1-3-10-18)24(38)35-21(13-8-16-33-27(31)32)25(39)36-22(26(40)41)12-5-7-15-29/h1-3,9-10,19-22H,4-8,11-17,28-30H2,(H,34,37)(H,35,38)(H,36,39)(H,40,41)(H4,31,32,33). The fraction of sp³-hybridized carbons (Fsp3) is 0.593. The van der Waals surface area contributed by atoms with Crippen molar-refractivity contribution in [1.29, 1.82) is 0 Å². The molecule has 230 valence electrons. The van der Waals surface area contributed by atoms with Crippen LogP contribution in [0.2, 0.25) is 0 Å². The number of carboxylic acids is 1. The summed E-state index contributed by atoms with van der Waals surface area (Å²) in [7, 11) is 0. The molecule has 1 rings (SSSR count). The van der Waals surface area contributed by atoms with Crippen LogP contribution >= 0.6 is 0 Å². The summed E-state index contributed by atoms with van der Waals surface area (Å²) < 4.78 is 0. The second-order valence-electron chi connectivity index (χ2n) is 9.84. The van der Waals surface area contributed by atoms with E-state index in [4.69, 9.17) is 28.7 Å². The van der Waals surface area contributed by atoms with Crippen LogP contribution in [-0.4, -0.2) is 78.6 Å². The lowest BCUT2D eigenvalue weighted by Gasteiger charge is -2.25. The highest BCUT2D eigenvalue weighted by molar-refractivity contribution is 5.94. The van der Waals surface area contributed by atoms with Crippen molar-refractivity contribution in [2.24, 2.45) is 33.7 Å². The van der Waals surface area contributed by atoms with Crippen LogP contribution in [-0.2, 0) is 25.6 Å². The molecule has 1 aromatic rings. The summed E-state index contributed by atoms with van der Waals surface area (Å²) in [6.07, 6.45) is 3.47. The van der Waals surface area contributed by atoms with Gasteiger partial charge in [-0.15, -0.1) is 0 Å². The molecule has 1 aromatic carbocycles. The van der Waals surface area contributed by atoms with E-state index < -0.39 is 47.9 Å². The molecule has 4 unspecified atom stereocenters. The lowest BCUT2D eigenvalue weighted by atomic mass is 10.0. The highest BCUT2D eigenvalue weighted by atomic mass is 16.4. The van der Waals surface area contributed by atoms with Crippen molar-refractivity contribution < 1.29 is 24.3 Å². The second kappa shape index (κ2) is 20.2. The molecule has 0 aliphatic carbocycles. The van der Waals surface area contributed by atoms with Gasteiger partial charge in [0, 0.05) is 6.54 Å². The number of guanidine groups is 1. The third-order valence-corrected chi connectivity index (χ3v) is 6.35. The van der Waals surface area contributed by atoms with Crippen LogP contribution < -0.4 is 44.6 Å². The summed E-state index contributed by atoms with van der Waals surface area (Å²) in [5, 5.41) is 17.5. The number of nitrogens with one attached hydrogen (secondary N) is 3. The quantitative estimate of drug-likeness (QED) is 0.0459. The van der Waals surface area contributed by atoms with Gasteiger partial charge in [0.05, 0.1) is 6.04 Å². The fourth-order valence-corrected chi connectivity index (χ4v) is 4.07. The number of unbranched alkanes of at least 4 members (excludes halogenated alkanes) is 2. The van der Waals surface area contributed by atoms with Crippen molar-refractivity contribution in [2.75, 3.05) is 19.6 Å². The zero-order chi connectivity index (χ0) is 30.6. The maximum Gasteiger partial charge on any atom is 0.326 e. The van der Waals surface area contributed by atoms with E-state index in [9.17, 15) is 24.3 Å². The maximum absolute atomic E-state index is 13.4. The monoisotopic (exact) mass is 577 g/mol. The van der Waals surface area contributed by atoms with Crippen molar-refractivity contribution in [3.63, 3.8) is 0 Å². The molecule has 0 heterocycles. The summed E-state index contributed by atoms with van der Waals surface area (Å²) in [5.41, 5.74) is 28.8. The molecule has 14 N–H and O–H groups in total. The average molecular weight is 578 g/mol. The van der Waals surface area contributed by atoms with E-state index in [2.05, 4.69) is 20.9 Å². The molecule has 0 aliphatic heterocycles. The molecule has 41 heavy (non-hydrogen) atoms. The maximum atomic E-state index is 13.4. The van der Waals surface area contributed by atoms with E-state index >= 15 is 0 Å². The molecule has 0 saturated heterocycles. The molecule has 4 atom stereocenters. The number of aliphatic carboxylic acids is 1. The molecule has 0 aromatic heterocycles. The van der Waals surface area contributed by atoms with E-state index in [-0.39, 0.29) is 38.2 Å². The minimum absolute atomic E-state index is 0.115. The summed E-state index contributed by atoms with van der Waals surface area (Å²) >= 11 is 0. The Labute approximate surface area is 241 Å². The topological polar surface area (TPSA) is 267 Å². The number of carboxylic acid groups (broad SMARTS) is 1. The second-order valence-corrected chi connectivity index (χ2v) is 9.84. The number of aliphatic imine (C=N–C) groups is 1. The third kappa shape index (κ3) is 15.0. The molecule has 3 amide bonds. The zero-order valence-corrected chi connectivity index (χ0v) is 23.6. The summed E-state index contributed by atoms with van der Waals surface area (Å²) in [5.74, 6) is -3.09. The summed E-state index contributed by atoms with van der Waals surface area (Å²) in [4.78, 5) is 55.0. The van der Waals surface area contributed by atoms with Crippen LogP contribution in [0.5, 0.6) is 0 Å². The van der Waals surface area contributed by atoms with Gasteiger partial charge >= 0.3 is 5.97 Å². The molecule has 0 spiro atoms. The predicted octanol–water partition coefficient (Wildman–Crippen LogP) is -1.59. The van der Waals surface area contributed by atoms with Gasteiger partial charge in [-0.3, -0.25) is 19.4 Å². The Bertz CT molecular complexity index is 973. The van der Waals surface area contributed by atoms with Gasteiger partial charge in [-0.2, -0.15) is 0 Å². The number of benzene rings is 1. The van der Waals surface area contributed by atoms with Gasteiger partial charge in [0.2, 0.25) is 17.7 Å².